The second-order valence-corrected chi connectivity index (χ2v) is 5.78. The topological polar surface area (TPSA) is 39.9 Å². The molecule has 0 aliphatic carbocycles. The van der Waals surface area contributed by atoms with Crippen LogP contribution in [-0.4, -0.2) is 20.5 Å². The highest BCUT2D eigenvalue weighted by Gasteiger charge is 2.13. The lowest BCUT2D eigenvalue weighted by Gasteiger charge is -2.09. The molecule has 1 heterocycles. The number of unbranched alkanes of at least 4 members (excludes halogenated alkanes) is 1. The largest absolute Gasteiger partial charge is 0.483 e. The standard InChI is InChI=1S/C16H20FN3OS/c1-3-5-11-22-16-19-18-15(20(16)10-4-2)12-21-14-9-7-6-8-13(14)17/h4,6-9H,2-3,5,10-12H2,1H3. The number of nitrogens with zero attached hydrogens (tertiary/aromatic N) is 3. The Kier molecular flexibility index (Phi) is 6.45. The maximum atomic E-state index is 13.6. The molecule has 6 heteroatoms. The summed E-state index contributed by atoms with van der Waals surface area (Å²) < 4.78 is 21.0. The molecule has 118 valence electrons. The molecule has 4 nitrogen and oxygen atoms in total. The molecular weight excluding hydrogens is 301 g/mol. The van der Waals surface area contributed by atoms with Crippen LogP contribution < -0.4 is 4.74 Å². The number of aromatic nitrogens is 3. The number of hydrogen-bond acceptors (Lipinski definition) is 4. The highest BCUT2D eigenvalue weighted by atomic mass is 32.2. The molecule has 0 fully saturated rings. The van der Waals surface area contributed by atoms with Gasteiger partial charge < -0.3 is 4.74 Å². The van der Waals surface area contributed by atoms with Crippen molar-refractivity contribution in [3.63, 3.8) is 0 Å². The zero-order chi connectivity index (χ0) is 15.8. The van der Waals surface area contributed by atoms with Gasteiger partial charge in [-0.25, -0.2) is 4.39 Å². The molecule has 0 bridgehead atoms. The highest BCUT2D eigenvalue weighted by molar-refractivity contribution is 7.99. The van der Waals surface area contributed by atoms with Gasteiger partial charge in [-0.3, -0.25) is 4.57 Å². The monoisotopic (exact) mass is 321 g/mol. The molecular formula is C16H20FN3OS. The Bertz CT molecular complexity index is 615. The van der Waals surface area contributed by atoms with Crippen LogP contribution in [0.2, 0.25) is 0 Å². The number of halogens is 1. The van der Waals surface area contributed by atoms with E-state index < -0.39 is 0 Å². The van der Waals surface area contributed by atoms with Crippen molar-refractivity contribution in [2.45, 2.75) is 38.1 Å². The Morgan fingerprint density at radius 3 is 2.91 bits per heavy atom. The summed E-state index contributed by atoms with van der Waals surface area (Å²) in [6.07, 6.45) is 4.07. The van der Waals surface area contributed by atoms with Crippen molar-refractivity contribution in [1.82, 2.24) is 14.8 Å². The summed E-state index contributed by atoms with van der Waals surface area (Å²) in [6, 6.07) is 6.33. The van der Waals surface area contributed by atoms with Gasteiger partial charge in [0.25, 0.3) is 0 Å². The summed E-state index contributed by atoms with van der Waals surface area (Å²) in [4.78, 5) is 0. The summed E-state index contributed by atoms with van der Waals surface area (Å²) >= 11 is 1.67. The van der Waals surface area contributed by atoms with E-state index in [0.717, 1.165) is 23.8 Å². The average Bonchev–Trinajstić information content (AvgIpc) is 2.90. The molecule has 2 aromatic rings. The number of thioether (sulfide) groups is 1. The van der Waals surface area contributed by atoms with Crippen molar-refractivity contribution in [3.05, 3.63) is 48.6 Å². The van der Waals surface area contributed by atoms with Crippen LogP contribution in [0.5, 0.6) is 5.75 Å². The molecule has 1 aromatic heterocycles. The molecule has 22 heavy (non-hydrogen) atoms. The summed E-state index contributed by atoms with van der Waals surface area (Å²) in [5.74, 6) is 1.51. The van der Waals surface area contributed by atoms with Gasteiger partial charge >= 0.3 is 0 Å². The van der Waals surface area contributed by atoms with E-state index in [1.807, 2.05) is 4.57 Å². The van der Waals surface area contributed by atoms with Gasteiger partial charge in [-0.2, -0.15) is 0 Å². The van der Waals surface area contributed by atoms with Crippen LogP contribution in [0.3, 0.4) is 0 Å². The smallest absolute Gasteiger partial charge is 0.191 e. The number of benzene rings is 1. The van der Waals surface area contributed by atoms with Crippen LogP contribution in [0, 0.1) is 5.82 Å². The number of para-hydroxylation sites is 1. The van der Waals surface area contributed by atoms with Crippen LogP contribution >= 0.6 is 11.8 Å². The van der Waals surface area contributed by atoms with E-state index in [1.165, 1.54) is 6.07 Å². The molecule has 0 amide bonds. The first-order chi connectivity index (χ1) is 10.8. The van der Waals surface area contributed by atoms with Gasteiger partial charge in [0.2, 0.25) is 0 Å². The van der Waals surface area contributed by atoms with E-state index in [-0.39, 0.29) is 18.2 Å². The Labute approximate surface area is 134 Å². The van der Waals surface area contributed by atoms with Crippen molar-refractivity contribution < 1.29 is 9.13 Å². The first-order valence-electron chi connectivity index (χ1n) is 7.29. The molecule has 0 N–H and O–H groups in total. The van der Waals surface area contributed by atoms with Gasteiger partial charge in [0.1, 0.15) is 6.61 Å². The minimum absolute atomic E-state index is 0.177. The predicted octanol–water partition coefficient (Wildman–Crippen LogP) is 4.07. The number of ether oxygens (including phenoxy) is 1. The van der Waals surface area contributed by atoms with Crippen molar-refractivity contribution in [1.29, 1.82) is 0 Å². The van der Waals surface area contributed by atoms with E-state index in [0.29, 0.717) is 12.4 Å². The van der Waals surface area contributed by atoms with Crippen LogP contribution in [0.4, 0.5) is 4.39 Å². The lowest BCUT2D eigenvalue weighted by atomic mass is 10.3. The van der Waals surface area contributed by atoms with Gasteiger partial charge in [-0.1, -0.05) is 43.3 Å². The quantitative estimate of drug-likeness (QED) is 0.396. The molecule has 0 radical (unpaired) electrons. The third kappa shape index (κ3) is 4.34. The molecule has 0 unspecified atom stereocenters. The Morgan fingerprint density at radius 2 is 2.18 bits per heavy atom. The zero-order valence-corrected chi connectivity index (χ0v) is 13.5. The number of allylic oxidation sites excluding steroid dienone is 1. The van der Waals surface area contributed by atoms with E-state index in [2.05, 4.69) is 23.7 Å². The van der Waals surface area contributed by atoms with Crippen molar-refractivity contribution >= 4 is 11.8 Å². The molecule has 0 aliphatic heterocycles. The van der Waals surface area contributed by atoms with E-state index in [4.69, 9.17) is 4.74 Å². The molecule has 0 spiro atoms. The minimum Gasteiger partial charge on any atom is -0.483 e. The maximum absolute atomic E-state index is 13.6. The van der Waals surface area contributed by atoms with Crippen molar-refractivity contribution in [2.75, 3.05) is 5.75 Å². The third-order valence-corrected chi connectivity index (χ3v) is 4.08. The van der Waals surface area contributed by atoms with Gasteiger partial charge in [0.15, 0.2) is 22.5 Å². The molecule has 0 saturated carbocycles. The lowest BCUT2D eigenvalue weighted by Crippen LogP contribution is -2.08. The first kappa shape index (κ1) is 16.5. The minimum atomic E-state index is -0.380. The van der Waals surface area contributed by atoms with Crippen LogP contribution in [0.1, 0.15) is 25.6 Å². The maximum Gasteiger partial charge on any atom is 0.191 e. The van der Waals surface area contributed by atoms with Gasteiger partial charge in [-0.05, 0) is 18.6 Å². The summed E-state index contributed by atoms with van der Waals surface area (Å²) in [5, 5.41) is 9.20. The fourth-order valence-corrected chi connectivity index (χ4v) is 2.91. The number of hydrogen-bond donors (Lipinski definition) is 0. The Hall–Kier alpha value is -1.82. The van der Waals surface area contributed by atoms with Gasteiger partial charge in [0.05, 0.1) is 0 Å². The molecule has 0 atom stereocenters. The molecule has 0 aliphatic rings. The van der Waals surface area contributed by atoms with Crippen LogP contribution in [-0.2, 0) is 13.2 Å². The van der Waals surface area contributed by atoms with Gasteiger partial charge in [0, 0.05) is 12.3 Å². The highest BCUT2D eigenvalue weighted by Crippen LogP contribution is 2.21. The van der Waals surface area contributed by atoms with E-state index >= 15 is 0 Å². The van der Waals surface area contributed by atoms with Gasteiger partial charge in [-0.15, -0.1) is 16.8 Å². The molecule has 1 aromatic carbocycles. The second kappa shape index (κ2) is 8.58. The summed E-state index contributed by atoms with van der Waals surface area (Å²) in [6.45, 7) is 6.70. The van der Waals surface area contributed by atoms with E-state index in [1.54, 1.807) is 36.0 Å². The third-order valence-electron chi connectivity index (χ3n) is 3.03. The normalized spacial score (nSPS) is 10.6. The van der Waals surface area contributed by atoms with Crippen LogP contribution in [0.25, 0.3) is 0 Å². The average molecular weight is 321 g/mol. The number of rotatable bonds is 9. The fourth-order valence-electron chi connectivity index (χ4n) is 1.86. The second-order valence-electron chi connectivity index (χ2n) is 4.72. The Morgan fingerprint density at radius 1 is 1.36 bits per heavy atom. The van der Waals surface area contributed by atoms with Crippen LogP contribution in [0.15, 0.2) is 42.1 Å². The zero-order valence-electron chi connectivity index (χ0n) is 12.7. The first-order valence-corrected chi connectivity index (χ1v) is 8.28. The fraction of sp³-hybridized carbons (Fsp3) is 0.375. The SMILES string of the molecule is C=CCn1c(COc2ccccc2F)nnc1SCCCC. The lowest BCUT2D eigenvalue weighted by molar-refractivity contribution is 0.275. The summed E-state index contributed by atoms with van der Waals surface area (Å²) in [5.41, 5.74) is 0. The van der Waals surface area contributed by atoms with E-state index in [9.17, 15) is 4.39 Å². The molecule has 0 saturated heterocycles. The van der Waals surface area contributed by atoms with Crippen molar-refractivity contribution in [3.8, 4) is 5.75 Å². The predicted molar refractivity (Wildman–Crippen MR) is 86.6 cm³/mol. The molecule has 2 rings (SSSR count). The Balaban J connectivity index is 2.06. The summed E-state index contributed by atoms with van der Waals surface area (Å²) in [7, 11) is 0. The van der Waals surface area contributed by atoms with Crippen molar-refractivity contribution in [2.24, 2.45) is 0 Å².